The van der Waals surface area contributed by atoms with Crippen molar-refractivity contribution in [3.8, 4) is 0 Å². The van der Waals surface area contributed by atoms with Crippen LogP contribution >= 0.6 is 11.6 Å². The van der Waals surface area contributed by atoms with Gasteiger partial charge in [0.15, 0.2) is 0 Å². The molecule has 0 spiro atoms. The van der Waals surface area contributed by atoms with Crippen molar-refractivity contribution >= 4 is 11.6 Å². The van der Waals surface area contributed by atoms with E-state index in [4.69, 9.17) is 11.6 Å². The van der Waals surface area contributed by atoms with Crippen LogP contribution in [0.25, 0.3) is 0 Å². The second-order valence-electron chi connectivity index (χ2n) is 8.63. The highest BCUT2D eigenvalue weighted by Gasteiger charge is 2.37. The molecule has 0 heterocycles. The fraction of sp³-hybridized carbons (Fsp3) is 1.00. The third-order valence-electron chi connectivity index (χ3n) is 6.05. The predicted octanol–water partition coefficient (Wildman–Crippen LogP) is 7.46. The van der Waals surface area contributed by atoms with Crippen LogP contribution in [0.15, 0.2) is 0 Å². The Morgan fingerprint density at radius 1 is 0.852 bits per heavy atom. The second kappa shape index (κ2) is 19.5. The van der Waals surface area contributed by atoms with Gasteiger partial charge in [0.1, 0.15) is 0 Å². The lowest BCUT2D eigenvalue weighted by atomic mass is 9.74. The van der Waals surface area contributed by atoms with Crippen LogP contribution in [0, 0.1) is 5.92 Å². The predicted molar refractivity (Wildman–Crippen MR) is 123 cm³/mol. The quantitative estimate of drug-likeness (QED) is 0.219. The van der Waals surface area contributed by atoms with Gasteiger partial charge in [-0.3, -0.25) is 0 Å². The monoisotopic (exact) mass is 403 g/mol. The van der Waals surface area contributed by atoms with E-state index in [1.165, 1.54) is 96.3 Å². The van der Waals surface area contributed by atoms with Gasteiger partial charge in [0.05, 0.1) is 0 Å². The number of aliphatic hydroxyl groups is 1. The van der Waals surface area contributed by atoms with Crippen molar-refractivity contribution in [2.45, 2.75) is 127 Å². The third-order valence-corrected chi connectivity index (χ3v) is 6.74. The average molecular weight is 404 g/mol. The summed E-state index contributed by atoms with van der Waals surface area (Å²) >= 11 is 6.94. The summed E-state index contributed by atoms with van der Waals surface area (Å²) in [5, 5.41) is 12.0. The maximum atomic E-state index is 9.26. The summed E-state index contributed by atoms with van der Waals surface area (Å²) in [5.74, 6) is 0.547. The molecule has 1 fully saturated rings. The van der Waals surface area contributed by atoms with Crippen LogP contribution in [0.1, 0.15) is 122 Å². The van der Waals surface area contributed by atoms with Gasteiger partial charge < -0.3 is 10.4 Å². The van der Waals surface area contributed by atoms with Crippen LogP contribution in [0.5, 0.6) is 0 Å². The molecule has 0 aromatic carbocycles. The van der Waals surface area contributed by atoms with Crippen LogP contribution in [0.4, 0.5) is 0 Å². The lowest BCUT2D eigenvalue weighted by Gasteiger charge is -2.39. The van der Waals surface area contributed by atoms with E-state index < -0.39 is 0 Å². The highest BCUT2D eigenvalue weighted by atomic mass is 35.5. The molecule has 0 aliphatic heterocycles. The normalized spacial score (nSPS) is 22.3. The first-order valence-corrected chi connectivity index (χ1v) is 12.4. The van der Waals surface area contributed by atoms with E-state index in [0.29, 0.717) is 12.5 Å². The fourth-order valence-electron chi connectivity index (χ4n) is 4.42. The number of hydrogen-bond donors (Lipinski definition) is 2. The zero-order valence-corrected chi connectivity index (χ0v) is 19.6. The first kappa shape index (κ1) is 27.2. The first-order valence-electron chi connectivity index (χ1n) is 12.0. The summed E-state index contributed by atoms with van der Waals surface area (Å²) in [6.45, 7) is 2.59. The van der Waals surface area contributed by atoms with Crippen LogP contribution in [0.2, 0.25) is 0 Å². The van der Waals surface area contributed by atoms with Gasteiger partial charge in [-0.15, -0.1) is 11.6 Å². The minimum atomic E-state index is -0.000527. The zero-order chi connectivity index (χ0) is 20.2. The Kier molecular flexibility index (Phi) is 19.7. The van der Waals surface area contributed by atoms with Crippen LogP contribution in [-0.2, 0) is 0 Å². The summed E-state index contributed by atoms with van der Waals surface area (Å²) in [6, 6.07) is 0. The number of unbranched alkanes of at least 4 members (excludes halogenated alkanes) is 11. The van der Waals surface area contributed by atoms with E-state index in [2.05, 4.69) is 12.2 Å². The summed E-state index contributed by atoms with van der Waals surface area (Å²) < 4.78 is 0. The van der Waals surface area contributed by atoms with Gasteiger partial charge in [0, 0.05) is 11.5 Å². The molecule has 27 heavy (non-hydrogen) atoms. The highest BCUT2D eigenvalue weighted by Crippen LogP contribution is 2.44. The largest absolute Gasteiger partial charge is 0.396 e. The van der Waals surface area contributed by atoms with Crippen molar-refractivity contribution < 1.29 is 5.11 Å². The molecule has 1 aliphatic carbocycles. The Morgan fingerprint density at radius 3 is 1.81 bits per heavy atom. The number of rotatable bonds is 15. The topological polar surface area (TPSA) is 32.3 Å². The number of halogens is 1. The van der Waals surface area contributed by atoms with Crippen molar-refractivity contribution in [2.24, 2.45) is 5.92 Å². The van der Waals surface area contributed by atoms with Crippen LogP contribution in [0.3, 0.4) is 0 Å². The van der Waals surface area contributed by atoms with E-state index >= 15 is 0 Å². The maximum absolute atomic E-state index is 9.26. The molecule has 0 aromatic heterocycles. The maximum Gasteiger partial charge on any atom is 0.0475 e. The number of nitrogens with one attached hydrogen (secondary N) is 1. The summed E-state index contributed by atoms with van der Waals surface area (Å²) in [4.78, 5) is -0.000527. The fourth-order valence-corrected chi connectivity index (χ4v) is 4.91. The Balaban J connectivity index is 0.00000210. The smallest absolute Gasteiger partial charge is 0.0475 e. The van der Waals surface area contributed by atoms with Crippen LogP contribution in [-0.4, -0.2) is 30.7 Å². The number of alkyl halides is 1. The lowest BCUT2D eigenvalue weighted by Crippen LogP contribution is -2.35. The molecule has 2 nitrogen and oxygen atoms in total. The molecule has 1 rings (SSSR count). The molecule has 2 N–H and O–H groups in total. The molecule has 0 bridgehead atoms. The van der Waals surface area contributed by atoms with E-state index in [-0.39, 0.29) is 4.87 Å². The zero-order valence-electron chi connectivity index (χ0n) is 18.8. The first-order chi connectivity index (χ1) is 13.1. The van der Waals surface area contributed by atoms with Gasteiger partial charge in [-0.1, -0.05) is 96.8 Å². The Labute approximate surface area is 176 Å². The van der Waals surface area contributed by atoms with E-state index in [0.717, 1.165) is 19.3 Å². The molecular formula is C24H50ClNO. The van der Waals surface area contributed by atoms with Gasteiger partial charge in [-0.05, 0) is 45.7 Å². The molecule has 2 atom stereocenters. The molecule has 164 valence electrons. The van der Waals surface area contributed by atoms with Crippen molar-refractivity contribution in [3.63, 3.8) is 0 Å². The van der Waals surface area contributed by atoms with Crippen molar-refractivity contribution in [3.05, 3.63) is 0 Å². The van der Waals surface area contributed by atoms with Gasteiger partial charge in [-0.2, -0.15) is 0 Å². The summed E-state index contributed by atoms with van der Waals surface area (Å²) in [7, 11) is 3.75. The van der Waals surface area contributed by atoms with Gasteiger partial charge in [-0.25, -0.2) is 0 Å². The Hall–Kier alpha value is 0.210. The second-order valence-corrected chi connectivity index (χ2v) is 9.38. The standard InChI is InChI=1S/C22H43ClO.C2H7N/c1-2-3-4-5-6-7-8-9-10-11-12-14-18-22(23)19-15-13-16-21(22)17-20-24;1-3-2/h21,24H,2-20H2,1H3;3H,1-2H3. The van der Waals surface area contributed by atoms with Crippen molar-refractivity contribution in [1.82, 2.24) is 5.32 Å². The Bertz CT molecular complexity index is 298. The molecule has 0 amide bonds. The summed E-state index contributed by atoms with van der Waals surface area (Å²) in [6.07, 6.45) is 23.9. The Morgan fingerprint density at radius 2 is 1.33 bits per heavy atom. The van der Waals surface area contributed by atoms with E-state index in [9.17, 15) is 5.11 Å². The molecule has 0 aromatic rings. The molecule has 1 saturated carbocycles. The van der Waals surface area contributed by atoms with Gasteiger partial charge >= 0.3 is 0 Å². The van der Waals surface area contributed by atoms with Crippen molar-refractivity contribution in [1.29, 1.82) is 0 Å². The number of aliphatic hydroxyl groups excluding tert-OH is 1. The molecule has 3 heteroatoms. The minimum absolute atomic E-state index is 0.000527. The minimum Gasteiger partial charge on any atom is -0.396 e. The van der Waals surface area contributed by atoms with Crippen LogP contribution < -0.4 is 5.32 Å². The molecule has 0 saturated heterocycles. The highest BCUT2D eigenvalue weighted by molar-refractivity contribution is 6.24. The molecular weight excluding hydrogens is 354 g/mol. The molecule has 0 radical (unpaired) electrons. The van der Waals surface area contributed by atoms with E-state index in [1.807, 2.05) is 14.1 Å². The van der Waals surface area contributed by atoms with Crippen molar-refractivity contribution in [2.75, 3.05) is 20.7 Å². The number of hydrogen-bond acceptors (Lipinski definition) is 2. The third kappa shape index (κ3) is 14.8. The van der Waals surface area contributed by atoms with Gasteiger partial charge in [0.25, 0.3) is 0 Å². The SMILES string of the molecule is CCCCCCCCCCCCCCC1(Cl)CCCCC1CCO.CNC. The summed E-state index contributed by atoms with van der Waals surface area (Å²) in [5.41, 5.74) is 0. The van der Waals surface area contributed by atoms with Gasteiger partial charge in [0.2, 0.25) is 0 Å². The average Bonchev–Trinajstić information content (AvgIpc) is 2.65. The van der Waals surface area contributed by atoms with E-state index in [1.54, 1.807) is 0 Å². The molecule has 2 unspecified atom stereocenters. The molecule has 1 aliphatic rings. The lowest BCUT2D eigenvalue weighted by molar-refractivity contribution is 0.183.